The van der Waals surface area contributed by atoms with Crippen molar-refractivity contribution in [1.82, 2.24) is 20.3 Å². The number of rotatable bonds is 4. The van der Waals surface area contributed by atoms with Gasteiger partial charge in [-0.1, -0.05) is 18.2 Å². The molecule has 0 aliphatic rings. The smallest absolute Gasteiger partial charge is 0.251 e. The number of aryl methyl sites for hydroxylation is 2. The Labute approximate surface area is 156 Å². The lowest BCUT2D eigenvalue weighted by molar-refractivity contribution is 0.0950. The van der Waals surface area contributed by atoms with Crippen molar-refractivity contribution in [3.05, 3.63) is 77.4 Å². The van der Waals surface area contributed by atoms with Crippen LogP contribution in [-0.2, 0) is 6.54 Å². The Bertz CT molecular complexity index is 1120. The first-order chi connectivity index (χ1) is 13.1. The molecule has 27 heavy (non-hydrogen) atoms. The second-order valence-electron chi connectivity index (χ2n) is 6.29. The van der Waals surface area contributed by atoms with E-state index in [1.807, 2.05) is 50.2 Å². The molecule has 4 aromatic rings. The lowest BCUT2D eigenvalue weighted by atomic mass is 10.1. The fraction of sp³-hybridized carbons (Fsp3) is 0.143. The van der Waals surface area contributed by atoms with Gasteiger partial charge in [-0.2, -0.15) is 0 Å². The van der Waals surface area contributed by atoms with Gasteiger partial charge < -0.3 is 9.73 Å². The SMILES string of the molecule is Cc1nc2ccc(C(=O)NCc3coc(-c4ccccc4)n3)cc2nc1C. The molecule has 0 aliphatic heterocycles. The van der Waals surface area contributed by atoms with Crippen molar-refractivity contribution in [3.63, 3.8) is 0 Å². The van der Waals surface area contributed by atoms with E-state index >= 15 is 0 Å². The largest absolute Gasteiger partial charge is 0.444 e. The maximum Gasteiger partial charge on any atom is 0.251 e. The van der Waals surface area contributed by atoms with Crippen molar-refractivity contribution in [2.75, 3.05) is 0 Å². The average molecular weight is 358 g/mol. The Morgan fingerprint density at radius 3 is 2.48 bits per heavy atom. The molecule has 0 fully saturated rings. The first-order valence-electron chi connectivity index (χ1n) is 8.63. The van der Waals surface area contributed by atoms with Gasteiger partial charge in [-0.25, -0.2) is 15.0 Å². The molecular formula is C21H18N4O2. The number of carbonyl (C=O) groups excluding carboxylic acids is 1. The molecular weight excluding hydrogens is 340 g/mol. The molecule has 134 valence electrons. The summed E-state index contributed by atoms with van der Waals surface area (Å²) in [7, 11) is 0. The molecule has 0 bridgehead atoms. The molecule has 4 rings (SSSR count). The van der Waals surface area contributed by atoms with Crippen LogP contribution in [0, 0.1) is 13.8 Å². The van der Waals surface area contributed by atoms with Crippen molar-refractivity contribution >= 4 is 16.9 Å². The van der Waals surface area contributed by atoms with Crippen LogP contribution in [0.3, 0.4) is 0 Å². The minimum absolute atomic E-state index is 0.193. The summed E-state index contributed by atoms with van der Waals surface area (Å²) in [4.78, 5) is 25.9. The summed E-state index contributed by atoms with van der Waals surface area (Å²) in [6.07, 6.45) is 1.56. The molecule has 1 N–H and O–H groups in total. The summed E-state index contributed by atoms with van der Waals surface area (Å²) in [5.41, 5.74) is 5.32. The summed E-state index contributed by atoms with van der Waals surface area (Å²) in [5, 5.41) is 2.86. The highest BCUT2D eigenvalue weighted by atomic mass is 16.3. The molecule has 0 unspecified atom stereocenters. The number of hydrogen-bond donors (Lipinski definition) is 1. The summed E-state index contributed by atoms with van der Waals surface area (Å²) in [6, 6.07) is 14.9. The molecule has 0 saturated heterocycles. The molecule has 2 aromatic carbocycles. The van der Waals surface area contributed by atoms with Crippen LogP contribution in [-0.4, -0.2) is 20.9 Å². The van der Waals surface area contributed by atoms with Gasteiger partial charge in [-0.15, -0.1) is 0 Å². The fourth-order valence-corrected chi connectivity index (χ4v) is 2.75. The lowest BCUT2D eigenvalue weighted by Crippen LogP contribution is -2.23. The minimum atomic E-state index is -0.193. The summed E-state index contributed by atoms with van der Waals surface area (Å²) in [6.45, 7) is 4.11. The third-order valence-electron chi connectivity index (χ3n) is 4.34. The molecule has 0 aliphatic carbocycles. The van der Waals surface area contributed by atoms with E-state index in [2.05, 4.69) is 20.3 Å². The van der Waals surface area contributed by atoms with Crippen LogP contribution < -0.4 is 5.32 Å². The van der Waals surface area contributed by atoms with Crippen LogP contribution in [0.25, 0.3) is 22.5 Å². The van der Waals surface area contributed by atoms with Crippen LogP contribution in [0.4, 0.5) is 0 Å². The number of nitrogens with zero attached hydrogens (tertiary/aromatic N) is 3. The van der Waals surface area contributed by atoms with Gasteiger partial charge in [-0.05, 0) is 44.2 Å². The van der Waals surface area contributed by atoms with Crippen molar-refractivity contribution in [2.24, 2.45) is 0 Å². The molecule has 0 radical (unpaired) electrons. The highest BCUT2D eigenvalue weighted by molar-refractivity contribution is 5.97. The normalized spacial score (nSPS) is 10.9. The monoisotopic (exact) mass is 358 g/mol. The maximum absolute atomic E-state index is 12.5. The molecule has 6 heteroatoms. The zero-order valence-electron chi connectivity index (χ0n) is 15.1. The number of fused-ring (bicyclic) bond motifs is 1. The Morgan fingerprint density at radius 2 is 1.70 bits per heavy atom. The number of oxazole rings is 1. The number of aromatic nitrogens is 3. The highest BCUT2D eigenvalue weighted by Gasteiger charge is 2.11. The van der Waals surface area contributed by atoms with Crippen molar-refractivity contribution < 1.29 is 9.21 Å². The van der Waals surface area contributed by atoms with E-state index in [0.717, 1.165) is 22.5 Å². The zero-order valence-corrected chi connectivity index (χ0v) is 15.1. The Balaban J connectivity index is 1.47. The Kier molecular flexibility index (Phi) is 4.38. The number of nitrogens with one attached hydrogen (secondary N) is 1. The first kappa shape index (κ1) is 16.9. The fourth-order valence-electron chi connectivity index (χ4n) is 2.75. The van der Waals surface area contributed by atoms with Gasteiger partial charge in [0, 0.05) is 11.1 Å². The Hall–Kier alpha value is -3.54. The van der Waals surface area contributed by atoms with E-state index in [0.29, 0.717) is 22.7 Å². The van der Waals surface area contributed by atoms with Crippen LogP contribution in [0.5, 0.6) is 0 Å². The summed E-state index contributed by atoms with van der Waals surface area (Å²) >= 11 is 0. The predicted molar refractivity (Wildman–Crippen MR) is 102 cm³/mol. The topological polar surface area (TPSA) is 80.9 Å². The molecule has 0 atom stereocenters. The van der Waals surface area contributed by atoms with E-state index in [4.69, 9.17) is 4.42 Å². The van der Waals surface area contributed by atoms with Crippen molar-refractivity contribution in [3.8, 4) is 11.5 Å². The van der Waals surface area contributed by atoms with E-state index in [-0.39, 0.29) is 12.5 Å². The maximum atomic E-state index is 12.5. The van der Waals surface area contributed by atoms with Gasteiger partial charge in [-0.3, -0.25) is 4.79 Å². The molecule has 1 amide bonds. The number of amides is 1. The number of carbonyl (C=O) groups is 1. The van der Waals surface area contributed by atoms with Gasteiger partial charge in [0.05, 0.1) is 34.7 Å². The van der Waals surface area contributed by atoms with Gasteiger partial charge >= 0.3 is 0 Å². The van der Waals surface area contributed by atoms with Crippen molar-refractivity contribution in [1.29, 1.82) is 0 Å². The molecule has 2 heterocycles. The van der Waals surface area contributed by atoms with Crippen LogP contribution >= 0.6 is 0 Å². The molecule has 2 aromatic heterocycles. The van der Waals surface area contributed by atoms with E-state index in [9.17, 15) is 4.79 Å². The van der Waals surface area contributed by atoms with E-state index in [1.165, 1.54) is 0 Å². The number of benzene rings is 2. The minimum Gasteiger partial charge on any atom is -0.444 e. The summed E-state index contributed by atoms with van der Waals surface area (Å²) in [5.74, 6) is 0.341. The zero-order chi connectivity index (χ0) is 18.8. The molecule has 6 nitrogen and oxygen atoms in total. The second kappa shape index (κ2) is 6.99. The van der Waals surface area contributed by atoms with Crippen LogP contribution in [0.1, 0.15) is 27.4 Å². The third-order valence-corrected chi connectivity index (χ3v) is 4.34. The predicted octanol–water partition coefficient (Wildman–Crippen LogP) is 3.83. The first-order valence-corrected chi connectivity index (χ1v) is 8.63. The van der Waals surface area contributed by atoms with Crippen LogP contribution in [0.15, 0.2) is 59.2 Å². The Morgan fingerprint density at radius 1 is 0.963 bits per heavy atom. The molecule has 0 saturated carbocycles. The standard InChI is InChI=1S/C21H18N4O2/c1-13-14(2)24-19-10-16(8-9-18(19)23-13)20(26)22-11-17-12-27-21(25-17)15-6-4-3-5-7-15/h3-10,12H,11H2,1-2H3,(H,22,26). The average Bonchev–Trinajstić information content (AvgIpc) is 3.16. The van der Waals surface area contributed by atoms with Crippen LogP contribution in [0.2, 0.25) is 0 Å². The van der Waals surface area contributed by atoms with E-state index < -0.39 is 0 Å². The quantitative estimate of drug-likeness (QED) is 0.600. The van der Waals surface area contributed by atoms with Gasteiger partial charge in [0.1, 0.15) is 6.26 Å². The van der Waals surface area contributed by atoms with Gasteiger partial charge in [0.25, 0.3) is 5.91 Å². The second-order valence-corrected chi connectivity index (χ2v) is 6.29. The van der Waals surface area contributed by atoms with E-state index in [1.54, 1.807) is 18.4 Å². The van der Waals surface area contributed by atoms with Gasteiger partial charge in [0.2, 0.25) is 5.89 Å². The van der Waals surface area contributed by atoms with Crippen molar-refractivity contribution in [2.45, 2.75) is 20.4 Å². The number of hydrogen-bond acceptors (Lipinski definition) is 5. The molecule has 0 spiro atoms. The lowest BCUT2D eigenvalue weighted by Gasteiger charge is -2.06. The highest BCUT2D eigenvalue weighted by Crippen LogP contribution is 2.18. The third kappa shape index (κ3) is 3.55. The summed E-state index contributed by atoms with van der Waals surface area (Å²) < 4.78 is 5.49. The van der Waals surface area contributed by atoms with Gasteiger partial charge in [0.15, 0.2) is 0 Å².